The van der Waals surface area contributed by atoms with Gasteiger partial charge in [-0.2, -0.15) is 0 Å². The fraction of sp³-hybridized carbons (Fsp3) is 0.538. The lowest BCUT2D eigenvalue weighted by molar-refractivity contribution is 0.192. The van der Waals surface area contributed by atoms with Crippen molar-refractivity contribution in [2.24, 2.45) is 0 Å². The van der Waals surface area contributed by atoms with E-state index in [1.165, 1.54) is 18.4 Å². The molecule has 1 aromatic carbocycles. The molecule has 88 valence electrons. The number of nitrogen functional groups attached to an aromatic ring is 1. The molecule has 0 unspecified atom stereocenters. The van der Waals surface area contributed by atoms with E-state index in [0.717, 1.165) is 31.4 Å². The third kappa shape index (κ3) is 2.97. The van der Waals surface area contributed by atoms with E-state index in [1.807, 2.05) is 12.1 Å². The number of rotatable bonds is 3. The Balaban J connectivity index is 1.90. The van der Waals surface area contributed by atoms with Crippen LogP contribution in [0.1, 0.15) is 18.4 Å². The SMILES string of the molecule is CN(Cc1ccc(N)cc1)C1CCNCC1. The van der Waals surface area contributed by atoms with Gasteiger partial charge < -0.3 is 11.1 Å². The van der Waals surface area contributed by atoms with Crippen molar-refractivity contribution in [2.45, 2.75) is 25.4 Å². The molecule has 0 radical (unpaired) electrons. The van der Waals surface area contributed by atoms with E-state index in [2.05, 4.69) is 29.4 Å². The van der Waals surface area contributed by atoms with Crippen LogP contribution in [-0.2, 0) is 6.54 Å². The Hall–Kier alpha value is -1.06. The summed E-state index contributed by atoms with van der Waals surface area (Å²) in [6.45, 7) is 3.32. The molecule has 0 spiro atoms. The van der Waals surface area contributed by atoms with E-state index in [9.17, 15) is 0 Å². The van der Waals surface area contributed by atoms with Gasteiger partial charge in [0.2, 0.25) is 0 Å². The Labute approximate surface area is 97.6 Å². The van der Waals surface area contributed by atoms with Crippen LogP contribution in [0.4, 0.5) is 5.69 Å². The van der Waals surface area contributed by atoms with Crippen molar-refractivity contribution >= 4 is 5.69 Å². The Kier molecular flexibility index (Phi) is 3.80. The lowest BCUT2D eigenvalue weighted by atomic mass is 10.0. The maximum absolute atomic E-state index is 5.68. The zero-order valence-corrected chi connectivity index (χ0v) is 9.95. The maximum Gasteiger partial charge on any atom is 0.0314 e. The fourth-order valence-electron chi connectivity index (χ4n) is 2.29. The second-order valence-corrected chi connectivity index (χ2v) is 4.64. The number of nitrogens with one attached hydrogen (secondary N) is 1. The van der Waals surface area contributed by atoms with Gasteiger partial charge in [0.25, 0.3) is 0 Å². The first-order valence-electron chi connectivity index (χ1n) is 6.01. The molecule has 0 aliphatic carbocycles. The normalized spacial score (nSPS) is 17.9. The van der Waals surface area contributed by atoms with Gasteiger partial charge >= 0.3 is 0 Å². The van der Waals surface area contributed by atoms with Gasteiger partial charge in [0.05, 0.1) is 0 Å². The Morgan fingerprint density at radius 2 is 1.88 bits per heavy atom. The van der Waals surface area contributed by atoms with Gasteiger partial charge in [-0.25, -0.2) is 0 Å². The topological polar surface area (TPSA) is 41.3 Å². The Morgan fingerprint density at radius 3 is 2.50 bits per heavy atom. The van der Waals surface area contributed by atoms with E-state index in [0.29, 0.717) is 0 Å². The number of nitrogens with two attached hydrogens (primary N) is 1. The summed E-state index contributed by atoms with van der Waals surface area (Å²) in [5.74, 6) is 0. The predicted octanol–water partition coefficient (Wildman–Crippen LogP) is 1.45. The summed E-state index contributed by atoms with van der Waals surface area (Å²) >= 11 is 0. The summed E-state index contributed by atoms with van der Waals surface area (Å²) in [6.07, 6.45) is 2.51. The molecule has 1 fully saturated rings. The van der Waals surface area contributed by atoms with Gasteiger partial charge in [0.1, 0.15) is 0 Å². The molecule has 3 nitrogen and oxygen atoms in total. The summed E-state index contributed by atoms with van der Waals surface area (Å²) in [6, 6.07) is 8.91. The minimum Gasteiger partial charge on any atom is -0.399 e. The molecule has 1 aliphatic rings. The van der Waals surface area contributed by atoms with E-state index >= 15 is 0 Å². The summed E-state index contributed by atoms with van der Waals surface area (Å²) in [4.78, 5) is 2.45. The van der Waals surface area contributed by atoms with Crippen LogP contribution in [0.3, 0.4) is 0 Å². The van der Waals surface area contributed by atoms with Crippen LogP contribution in [0.25, 0.3) is 0 Å². The van der Waals surface area contributed by atoms with Crippen LogP contribution in [0.15, 0.2) is 24.3 Å². The number of hydrogen-bond acceptors (Lipinski definition) is 3. The quantitative estimate of drug-likeness (QED) is 0.756. The minimum atomic E-state index is 0.721. The Morgan fingerprint density at radius 1 is 1.25 bits per heavy atom. The second kappa shape index (κ2) is 5.32. The lowest BCUT2D eigenvalue weighted by Gasteiger charge is -2.31. The molecule has 16 heavy (non-hydrogen) atoms. The van der Waals surface area contributed by atoms with Crippen molar-refractivity contribution in [1.82, 2.24) is 10.2 Å². The van der Waals surface area contributed by atoms with Crippen molar-refractivity contribution < 1.29 is 0 Å². The second-order valence-electron chi connectivity index (χ2n) is 4.64. The highest BCUT2D eigenvalue weighted by Crippen LogP contribution is 2.14. The van der Waals surface area contributed by atoms with E-state index in [-0.39, 0.29) is 0 Å². The standard InChI is InChI=1S/C13H21N3/c1-16(13-6-8-15-9-7-13)10-11-2-4-12(14)5-3-11/h2-5,13,15H,6-10,14H2,1H3. The molecule has 0 aromatic heterocycles. The number of nitrogens with zero attached hydrogens (tertiary/aromatic N) is 1. The number of benzene rings is 1. The van der Waals surface area contributed by atoms with Crippen molar-refractivity contribution in [3.63, 3.8) is 0 Å². The third-order valence-corrected chi connectivity index (χ3v) is 3.34. The number of piperidine rings is 1. The highest BCUT2D eigenvalue weighted by molar-refractivity contribution is 5.39. The molecule has 3 heteroatoms. The average molecular weight is 219 g/mol. The Bertz CT molecular complexity index is 314. The summed E-state index contributed by atoms with van der Waals surface area (Å²) in [5.41, 5.74) is 7.86. The van der Waals surface area contributed by atoms with Gasteiger partial charge in [0.15, 0.2) is 0 Å². The van der Waals surface area contributed by atoms with Crippen LogP contribution >= 0.6 is 0 Å². The molecule has 2 rings (SSSR count). The molecule has 3 N–H and O–H groups in total. The smallest absolute Gasteiger partial charge is 0.0314 e. The fourth-order valence-corrected chi connectivity index (χ4v) is 2.29. The molecule has 1 aromatic rings. The maximum atomic E-state index is 5.68. The van der Waals surface area contributed by atoms with Crippen LogP contribution in [0.2, 0.25) is 0 Å². The van der Waals surface area contributed by atoms with Crippen LogP contribution in [0, 0.1) is 0 Å². The summed E-state index contributed by atoms with van der Waals surface area (Å²) in [7, 11) is 2.21. The van der Waals surface area contributed by atoms with E-state index in [4.69, 9.17) is 5.73 Å². The third-order valence-electron chi connectivity index (χ3n) is 3.34. The lowest BCUT2D eigenvalue weighted by Crippen LogP contribution is -2.40. The van der Waals surface area contributed by atoms with Crippen molar-refractivity contribution in [1.29, 1.82) is 0 Å². The molecule has 0 saturated carbocycles. The highest BCUT2D eigenvalue weighted by Gasteiger charge is 2.17. The van der Waals surface area contributed by atoms with E-state index < -0.39 is 0 Å². The van der Waals surface area contributed by atoms with Crippen LogP contribution < -0.4 is 11.1 Å². The van der Waals surface area contributed by atoms with Gasteiger partial charge in [-0.1, -0.05) is 12.1 Å². The van der Waals surface area contributed by atoms with Crippen molar-refractivity contribution in [3.8, 4) is 0 Å². The first-order valence-corrected chi connectivity index (χ1v) is 6.01. The van der Waals surface area contributed by atoms with Gasteiger partial charge in [-0.3, -0.25) is 4.90 Å². The van der Waals surface area contributed by atoms with Crippen molar-refractivity contribution in [2.75, 3.05) is 25.9 Å². The van der Waals surface area contributed by atoms with Gasteiger partial charge in [-0.15, -0.1) is 0 Å². The first-order chi connectivity index (χ1) is 7.75. The molecular weight excluding hydrogens is 198 g/mol. The molecule has 0 amide bonds. The first kappa shape index (κ1) is 11.4. The summed E-state index contributed by atoms with van der Waals surface area (Å²) < 4.78 is 0. The largest absolute Gasteiger partial charge is 0.399 e. The van der Waals surface area contributed by atoms with Crippen molar-refractivity contribution in [3.05, 3.63) is 29.8 Å². The minimum absolute atomic E-state index is 0.721. The zero-order chi connectivity index (χ0) is 11.4. The van der Waals surface area contributed by atoms with Gasteiger partial charge in [0, 0.05) is 18.3 Å². The predicted molar refractivity (Wildman–Crippen MR) is 68.2 cm³/mol. The molecular formula is C13H21N3. The van der Waals surface area contributed by atoms with Crippen LogP contribution in [-0.4, -0.2) is 31.1 Å². The molecule has 0 atom stereocenters. The highest BCUT2D eigenvalue weighted by atomic mass is 15.1. The average Bonchev–Trinajstić information content (AvgIpc) is 2.33. The molecule has 1 heterocycles. The molecule has 0 bridgehead atoms. The van der Waals surface area contributed by atoms with Crippen LogP contribution in [0.5, 0.6) is 0 Å². The molecule has 1 aliphatic heterocycles. The van der Waals surface area contributed by atoms with E-state index in [1.54, 1.807) is 0 Å². The monoisotopic (exact) mass is 219 g/mol. The zero-order valence-electron chi connectivity index (χ0n) is 9.95. The molecule has 1 saturated heterocycles. The van der Waals surface area contributed by atoms with Gasteiger partial charge in [-0.05, 0) is 50.7 Å². The summed E-state index contributed by atoms with van der Waals surface area (Å²) in [5, 5.41) is 3.40. The number of anilines is 1. The number of hydrogen-bond donors (Lipinski definition) is 2.